The largest absolute Gasteiger partial charge is 0.481 e. The topological polar surface area (TPSA) is 80.9 Å². The van der Waals surface area contributed by atoms with Crippen LogP contribution in [0.3, 0.4) is 0 Å². The van der Waals surface area contributed by atoms with Crippen LogP contribution in [0.5, 0.6) is 0 Å². The van der Waals surface area contributed by atoms with Gasteiger partial charge in [-0.2, -0.15) is 13.2 Å². The molecular formula is C9H13F3N4O2. The first-order chi connectivity index (χ1) is 8.29. The molecule has 1 atom stereocenters. The third-order valence-corrected chi connectivity index (χ3v) is 2.43. The molecule has 0 saturated heterocycles. The molecule has 9 heteroatoms. The highest BCUT2D eigenvalue weighted by molar-refractivity contribution is 5.69. The molecule has 1 aromatic heterocycles. The van der Waals surface area contributed by atoms with Crippen LogP contribution in [0, 0.1) is 5.92 Å². The fourth-order valence-corrected chi connectivity index (χ4v) is 1.27. The molecular weight excluding hydrogens is 253 g/mol. The Bertz CT molecular complexity index is 405. The molecule has 0 aliphatic heterocycles. The lowest BCUT2D eigenvalue weighted by atomic mass is 10.1. The number of halogens is 3. The van der Waals surface area contributed by atoms with E-state index in [1.165, 1.54) is 11.6 Å². The van der Waals surface area contributed by atoms with Crippen LogP contribution >= 0.6 is 0 Å². The first-order valence-corrected chi connectivity index (χ1v) is 5.34. The molecule has 1 aromatic rings. The summed E-state index contributed by atoms with van der Waals surface area (Å²) in [6.45, 7) is 1.70. The molecule has 18 heavy (non-hydrogen) atoms. The van der Waals surface area contributed by atoms with Gasteiger partial charge in [0.15, 0.2) is 5.82 Å². The third-order valence-electron chi connectivity index (χ3n) is 2.43. The van der Waals surface area contributed by atoms with Crippen molar-refractivity contribution in [3.05, 3.63) is 5.82 Å². The summed E-state index contributed by atoms with van der Waals surface area (Å²) in [7, 11) is 0. The molecule has 6 nitrogen and oxygen atoms in total. The summed E-state index contributed by atoms with van der Waals surface area (Å²) in [5, 5.41) is 19.0. The van der Waals surface area contributed by atoms with Crippen molar-refractivity contribution in [2.75, 3.05) is 0 Å². The van der Waals surface area contributed by atoms with Gasteiger partial charge in [-0.15, -0.1) is 5.10 Å². The second-order valence-electron chi connectivity index (χ2n) is 3.96. The van der Waals surface area contributed by atoms with Crippen LogP contribution in [0.25, 0.3) is 0 Å². The Hall–Kier alpha value is -1.67. The lowest BCUT2D eigenvalue weighted by Gasteiger charge is -2.08. The second-order valence-corrected chi connectivity index (χ2v) is 3.96. The van der Waals surface area contributed by atoms with Crippen LogP contribution in [0.4, 0.5) is 13.2 Å². The van der Waals surface area contributed by atoms with E-state index in [0.29, 0.717) is 0 Å². The Morgan fingerprint density at radius 2 is 2.17 bits per heavy atom. The zero-order chi connectivity index (χ0) is 13.8. The van der Waals surface area contributed by atoms with Crippen LogP contribution in [0.1, 0.15) is 25.6 Å². The Labute approximate surface area is 101 Å². The van der Waals surface area contributed by atoms with Crippen molar-refractivity contribution in [1.82, 2.24) is 20.2 Å². The number of carboxylic acid groups (broad SMARTS) is 1. The molecule has 0 aromatic carbocycles. The van der Waals surface area contributed by atoms with Gasteiger partial charge in [-0.3, -0.25) is 4.79 Å². The monoisotopic (exact) mass is 266 g/mol. The molecule has 0 radical (unpaired) electrons. The number of aryl methyl sites for hydroxylation is 2. The van der Waals surface area contributed by atoms with Crippen molar-refractivity contribution < 1.29 is 23.1 Å². The van der Waals surface area contributed by atoms with Crippen LogP contribution in [0.15, 0.2) is 0 Å². The summed E-state index contributed by atoms with van der Waals surface area (Å²) in [6, 6.07) is 0. The molecule has 1 heterocycles. The maximum Gasteiger partial charge on any atom is 0.389 e. The van der Waals surface area contributed by atoms with Crippen LogP contribution in [0.2, 0.25) is 0 Å². The highest BCUT2D eigenvalue weighted by atomic mass is 19.4. The average molecular weight is 266 g/mol. The smallest absolute Gasteiger partial charge is 0.389 e. The lowest BCUT2D eigenvalue weighted by Crippen LogP contribution is -2.16. The highest BCUT2D eigenvalue weighted by Gasteiger charge is 2.27. The first kappa shape index (κ1) is 14.4. The number of tetrazole rings is 1. The maximum atomic E-state index is 12.0. The highest BCUT2D eigenvalue weighted by Crippen LogP contribution is 2.21. The Balaban J connectivity index is 2.52. The lowest BCUT2D eigenvalue weighted by molar-refractivity contribution is -0.141. The van der Waals surface area contributed by atoms with Gasteiger partial charge in [-0.05, 0) is 16.8 Å². The van der Waals surface area contributed by atoms with Crippen molar-refractivity contribution in [3.63, 3.8) is 0 Å². The quantitative estimate of drug-likeness (QED) is 0.838. The molecule has 0 bridgehead atoms. The number of nitrogens with zero attached hydrogens (tertiary/aromatic N) is 4. The van der Waals surface area contributed by atoms with Gasteiger partial charge in [-0.25, -0.2) is 4.68 Å². The van der Waals surface area contributed by atoms with E-state index in [2.05, 4.69) is 15.5 Å². The number of rotatable bonds is 6. The van der Waals surface area contributed by atoms with Crippen molar-refractivity contribution in [1.29, 1.82) is 0 Å². The van der Waals surface area contributed by atoms with Crippen LogP contribution in [-0.2, 0) is 17.8 Å². The van der Waals surface area contributed by atoms with E-state index in [-0.39, 0.29) is 25.2 Å². The molecule has 1 N–H and O–H groups in total. The first-order valence-electron chi connectivity index (χ1n) is 5.34. The molecule has 0 saturated carbocycles. The molecule has 0 spiro atoms. The van der Waals surface area contributed by atoms with Gasteiger partial charge < -0.3 is 5.11 Å². The van der Waals surface area contributed by atoms with Gasteiger partial charge in [0.1, 0.15) is 0 Å². The summed E-state index contributed by atoms with van der Waals surface area (Å²) in [6.07, 6.45) is -5.30. The van der Waals surface area contributed by atoms with Gasteiger partial charge in [0, 0.05) is 13.0 Å². The van der Waals surface area contributed by atoms with Crippen molar-refractivity contribution in [2.45, 2.75) is 38.9 Å². The van der Waals surface area contributed by atoms with E-state index >= 15 is 0 Å². The molecule has 0 aliphatic rings. The fraction of sp³-hybridized carbons (Fsp3) is 0.778. The number of carbonyl (C=O) groups is 1. The van der Waals surface area contributed by atoms with Gasteiger partial charge in [-0.1, -0.05) is 6.92 Å². The van der Waals surface area contributed by atoms with Gasteiger partial charge in [0.05, 0.1) is 12.3 Å². The van der Waals surface area contributed by atoms with E-state index in [0.717, 1.165) is 0 Å². The maximum absolute atomic E-state index is 12.0. The molecule has 102 valence electrons. The zero-order valence-corrected chi connectivity index (χ0v) is 9.68. The van der Waals surface area contributed by atoms with E-state index in [1.807, 2.05) is 0 Å². The van der Waals surface area contributed by atoms with E-state index in [1.54, 1.807) is 0 Å². The van der Waals surface area contributed by atoms with Crippen molar-refractivity contribution in [2.24, 2.45) is 5.92 Å². The molecule has 0 fully saturated rings. The van der Waals surface area contributed by atoms with Crippen molar-refractivity contribution in [3.8, 4) is 0 Å². The fourth-order valence-electron chi connectivity index (χ4n) is 1.27. The third kappa shape index (κ3) is 4.68. The Kier molecular flexibility index (Phi) is 4.62. The number of hydrogen-bond donors (Lipinski definition) is 1. The van der Waals surface area contributed by atoms with Gasteiger partial charge >= 0.3 is 12.1 Å². The zero-order valence-electron chi connectivity index (χ0n) is 9.68. The Morgan fingerprint density at radius 3 is 2.72 bits per heavy atom. The van der Waals surface area contributed by atoms with Crippen molar-refractivity contribution >= 4 is 5.97 Å². The summed E-state index contributed by atoms with van der Waals surface area (Å²) < 4.78 is 37.3. The van der Waals surface area contributed by atoms with Gasteiger partial charge in [0.25, 0.3) is 0 Å². The van der Waals surface area contributed by atoms with E-state index < -0.39 is 24.5 Å². The Morgan fingerprint density at radius 1 is 1.50 bits per heavy atom. The standard InChI is InChI=1S/C9H13F3N4O2/c1-6(8(17)18)3-5-16-7(13-14-15-16)2-4-9(10,11)12/h6H,2-5H2,1H3,(H,17,18). The van der Waals surface area contributed by atoms with Crippen LogP contribution < -0.4 is 0 Å². The molecule has 1 rings (SSSR count). The normalized spacial score (nSPS) is 13.6. The van der Waals surface area contributed by atoms with E-state index in [9.17, 15) is 18.0 Å². The summed E-state index contributed by atoms with van der Waals surface area (Å²) >= 11 is 0. The minimum Gasteiger partial charge on any atom is -0.481 e. The van der Waals surface area contributed by atoms with E-state index in [4.69, 9.17) is 5.11 Å². The molecule has 0 aliphatic carbocycles. The number of hydrogen-bond acceptors (Lipinski definition) is 4. The molecule has 1 unspecified atom stereocenters. The second kappa shape index (κ2) is 5.78. The number of aromatic nitrogens is 4. The summed E-state index contributed by atoms with van der Waals surface area (Å²) in [5.41, 5.74) is 0. The predicted molar refractivity (Wildman–Crippen MR) is 53.6 cm³/mol. The number of alkyl halides is 3. The van der Waals surface area contributed by atoms with Gasteiger partial charge in [0.2, 0.25) is 0 Å². The summed E-state index contributed by atoms with van der Waals surface area (Å²) in [4.78, 5) is 10.6. The number of carboxylic acids is 1. The minimum absolute atomic E-state index is 0.116. The van der Waals surface area contributed by atoms with Crippen LogP contribution in [-0.4, -0.2) is 37.5 Å². The SMILES string of the molecule is CC(CCn1nnnc1CCC(F)(F)F)C(=O)O. The number of aliphatic carboxylic acids is 1. The molecule has 0 amide bonds. The average Bonchev–Trinajstić information content (AvgIpc) is 2.69. The summed E-state index contributed by atoms with van der Waals surface area (Å²) in [5.74, 6) is -1.44. The predicted octanol–water partition coefficient (Wildman–Crippen LogP) is 1.28. The minimum atomic E-state index is -4.26.